The zero-order valence-corrected chi connectivity index (χ0v) is 11.9. The van der Waals surface area contributed by atoms with E-state index < -0.39 is 5.60 Å². The molecule has 21 heavy (non-hydrogen) atoms. The van der Waals surface area contributed by atoms with Crippen molar-refractivity contribution in [3.05, 3.63) is 18.1 Å². The Hall–Kier alpha value is -2.10. The van der Waals surface area contributed by atoms with Crippen LogP contribution < -0.4 is 5.73 Å². The summed E-state index contributed by atoms with van der Waals surface area (Å²) in [6.07, 6.45) is 10.4. The van der Waals surface area contributed by atoms with Crippen LogP contribution in [0.1, 0.15) is 24.9 Å². The average Bonchev–Trinajstić information content (AvgIpc) is 3.09. The van der Waals surface area contributed by atoms with Crippen LogP contribution in [0.25, 0.3) is 11.0 Å². The van der Waals surface area contributed by atoms with E-state index in [1.165, 1.54) is 6.33 Å². The lowest BCUT2D eigenvalue weighted by molar-refractivity contribution is 0.00579. The Morgan fingerprint density at radius 1 is 1.62 bits per heavy atom. The van der Waals surface area contributed by atoms with Gasteiger partial charge in [0.2, 0.25) is 0 Å². The van der Waals surface area contributed by atoms with Gasteiger partial charge >= 0.3 is 0 Å². The minimum atomic E-state index is -0.897. The monoisotopic (exact) mass is 286 g/mol. The minimum Gasteiger partial charge on any atom is -0.392 e. The third-order valence-electron chi connectivity index (χ3n) is 4.13. The number of ether oxygens (including phenoxy) is 1. The molecule has 110 valence electrons. The number of aliphatic hydroxyl groups is 1. The highest BCUT2D eigenvalue weighted by Gasteiger charge is 2.40. The third-order valence-corrected chi connectivity index (χ3v) is 4.13. The molecule has 3 heterocycles. The minimum absolute atomic E-state index is 0.0327. The molecule has 1 aliphatic heterocycles. The molecule has 0 aliphatic carbocycles. The summed E-state index contributed by atoms with van der Waals surface area (Å²) < 4.78 is 7.69. The van der Waals surface area contributed by atoms with Gasteiger partial charge in [-0.3, -0.25) is 0 Å². The first kappa shape index (κ1) is 13.9. The summed E-state index contributed by atoms with van der Waals surface area (Å²) in [5.41, 5.74) is 6.98. The largest absolute Gasteiger partial charge is 0.392 e. The van der Waals surface area contributed by atoms with Gasteiger partial charge in [-0.25, -0.2) is 9.97 Å². The number of terminal acetylenes is 1. The van der Waals surface area contributed by atoms with Crippen LogP contribution in [-0.4, -0.2) is 38.5 Å². The molecule has 1 aliphatic rings. The molecule has 2 aromatic heterocycles. The van der Waals surface area contributed by atoms with Gasteiger partial charge in [-0.1, -0.05) is 12.8 Å². The lowest BCUT2D eigenvalue weighted by Crippen LogP contribution is -2.30. The second kappa shape index (κ2) is 5.02. The second-order valence-corrected chi connectivity index (χ2v) is 5.34. The number of fused-ring (bicyclic) bond motifs is 1. The molecule has 3 N–H and O–H groups in total. The number of hydrogen-bond acceptors (Lipinski definition) is 5. The van der Waals surface area contributed by atoms with Gasteiger partial charge < -0.3 is 20.1 Å². The molecule has 0 bridgehead atoms. The molecule has 2 unspecified atom stereocenters. The molecule has 1 fully saturated rings. The summed E-state index contributed by atoms with van der Waals surface area (Å²) in [6.45, 7) is 2.33. The third kappa shape index (κ3) is 2.06. The van der Waals surface area contributed by atoms with Gasteiger partial charge in [0.05, 0.1) is 24.6 Å². The first-order valence-electron chi connectivity index (χ1n) is 6.96. The van der Waals surface area contributed by atoms with Crippen molar-refractivity contribution in [1.29, 1.82) is 0 Å². The summed E-state index contributed by atoms with van der Waals surface area (Å²) in [5.74, 6) is 3.05. The highest BCUT2D eigenvalue weighted by atomic mass is 16.5. The van der Waals surface area contributed by atoms with Crippen molar-refractivity contribution >= 4 is 16.9 Å². The maximum absolute atomic E-state index is 9.47. The lowest BCUT2D eigenvalue weighted by atomic mass is 10.00. The van der Waals surface area contributed by atoms with Crippen molar-refractivity contribution in [3.8, 4) is 12.3 Å². The number of anilines is 1. The van der Waals surface area contributed by atoms with E-state index in [-0.39, 0.29) is 12.6 Å². The summed E-state index contributed by atoms with van der Waals surface area (Å²) in [4.78, 5) is 8.42. The van der Waals surface area contributed by atoms with Crippen LogP contribution in [0.4, 0.5) is 5.82 Å². The molecule has 3 rings (SSSR count). The standard InChI is InChI=1S/C15H18N4O2/c1-3-10-6-19(14-12(10)13(16)17-9-18-14)11-5-15(4-2,8-20)21-7-11/h2,6,9,11,20H,3,5,7-8H2,1H3,(H2,16,17,18). The molecule has 6 heteroatoms. The van der Waals surface area contributed by atoms with Crippen molar-refractivity contribution in [3.63, 3.8) is 0 Å². The number of nitrogens with zero attached hydrogens (tertiary/aromatic N) is 3. The Morgan fingerprint density at radius 3 is 3.05 bits per heavy atom. The van der Waals surface area contributed by atoms with E-state index >= 15 is 0 Å². The van der Waals surface area contributed by atoms with Gasteiger partial charge in [-0.05, 0) is 12.0 Å². The van der Waals surface area contributed by atoms with Crippen molar-refractivity contribution in [2.24, 2.45) is 0 Å². The first-order chi connectivity index (χ1) is 10.1. The number of aryl methyl sites for hydroxylation is 1. The number of hydrogen-bond donors (Lipinski definition) is 2. The topological polar surface area (TPSA) is 86.2 Å². The van der Waals surface area contributed by atoms with Crippen molar-refractivity contribution in [2.45, 2.75) is 31.4 Å². The van der Waals surface area contributed by atoms with E-state index in [0.717, 1.165) is 23.0 Å². The van der Waals surface area contributed by atoms with Crippen molar-refractivity contribution in [1.82, 2.24) is 14.5 Å². The Balaban J connectivity index is 2.07. The maximum Gasteiger partial charge on any atom is 0.153 e. The zero-order valence-electron chi connectivity index (χ0n) is 11.9. The molecular formula is C15H18N4O2. The molecule has 1 saturated heterocycles. The maximum atomic E-state index is 9.47. The van der Waals surface area contributed by atoms with E-state index in [9.17, 15) is 5.11 Å². The Morgan fingerprint density at radius 2 is 2.43 bits per heavy atom. The SMILES string of the molecule is C#CC1(CO)CC(n2cc(CC)c3c(N)ncnc32)CO1. The second-order valence-electron chi connectivity index (χ2n) is 5.34. The molecule has 0 aromatic carbocycles. The summed E-state index contributed by atoms with van der Waals surface area (Å²) in [7, 11) is 0. The van der Waals surface area contributed by atoms with E-state index in [1.807, 2.05) is 10.8 Å². The number of rotatable bonds is 3. The van der Waals surface area contributed by atoms with Gasteiger partial charge in [-0.15, -0.1) is 6.42 Å². The van der Waals surface area contributed by atoms with E-state index in [1.54, 1.807) is 0 Å². The first-order valence-corrected chi connectivity index (χ1v) is 6.96. The molecule has 2 atom stereocenters. The van der Waals surface area contributed by atoms with Crippen LogP contribution in [0.5, 0.6) is 0 Å². The van der Waals surface area contributed by atoms with Gasteiger partial charge in [0.25, 0.3) is 0 Å². The summed E-state index contributed by atoms with van der Waals surface area (Å²) in [6, 6.07) is 0.0327. The Bertz CT molecular complexity index is 718. The smallest absolute Gasteiger partial charge is 0.153 e. The highest BCUT2D eigenvalue weighted by molar-refractivity contribution is 5.89. The number of aromatic nitrogens is 3. The highest BCUT2D eigenvalue weighted by Crippen LogP contribution is 2.36. The summed E-state index contributed by atoms with van der Waals surface area (Å²) >= 11 is 0. The predicted octanol–water partition coefficient (Wildman–Crippen LogP) is 0.902. The average molecular weight is 286 g/mol. The van der Waals surface area contributed by atoms with Crippen molar-refractivity contribution < 1.29 is 9.84 Å². The molecule has 0 spiro atoms. The van der Waals surface area contributed by atoms with Crippen LogP contribution in [0, 0.1) is 12.3 Å². The zero-order chi connectivity index (χ0) is 15.0. The van der Waals surface area contributed by atoms with Crippen LogP contribution in [0.2, 0.25) is 0 Å². The molecule has 0 radical (unpaired) electrons. The van der Waals surface area contributed by atoms with E-state index in [0.29, 0.717) is 18.8 Å². The van der Waals surface area contributed by atoms with Gasteiger partial charge in [0, 0.05) is 12.6 Å². The number of nitrogens with two attached hydrogens (primary N) is 1. The summed E-state index contributed by atoms with van der Waals surface area (Å²) in [5, 5.41) is 10.4. The fraction of sp³-hybridized carbons (Fsp3) is 0.467. The van der Waals surface area contributed by atoms with Gasteiger partial charge in [0.1, 0.15) is 17.8 Å². The normalized spacial score (nSPS) is 25.3. The fourth-order valence-electron chi connectivity index (χ4n) is 2.92. The lowest BCUT2D eigenvalue weighted by Gasteiger charge is -2.18. The van der Waals surface area contributed by atoms with E-state index in [4.69, 9.17) is 16.9 Å². The number of aliphatic hydroxyl groups excluding tert-OH is 1. The predicted molar refractivity (Wildman–Crippen MR) is 79.6 cm³/mol. The van der Waals surface area contributed by atoms with Crippen LogP contribution in [0.15, 0.2) is 12.5 Å². The number of nitrogen functional groups attached to an aromatic ring is 1. The molecule has 6 nitrogen and oxygen atoms in total. The Kier molecular flexibility index (Phi) is 3.32. The van der Waals surface area contributed by atoms with E-state index in [2.05, 4.69) is 22.8 Å². The van der Waals surface area contributed by atoms with Gasteiger partial charge in [-0.2, -0.15) is 0 Å². The molecule has 0 saturated carbocycles. The molecule has 2 aromatic rings. The van der Waals surface area contributed by atoms with Crippen LogP contribution >= 0.6 is 0 Å². The fourth-order valence-corrected chi connectivity index (χ4v) is 2.92. The van der Waals surface area contributed by atoms with Crippen LogP contribution in [0.3, 0.4) is 0 Å². The van der Waals surface area contributed by atoms with Gasteiger partial charge in [0.15, 0.2) is 5.60 Å². The van der Waals surface area contributed by atoms with Crippen molar-refractivity contribution in [2.75, 3.05) is 18.9 Å². The quantitative estimate of drug-likeness (QED) is 0.819. The molecular weight excluding hydrogens is 268 g/mol. The van der Waals surface area contributed by atoms with Crippen LogP contribution in [-0.2, 0) is 11.2 Å². The Labute approximate surface area is 122 Å². The molecule has 0 amide bonds.